The van der Waals surface area contributed by atoms with E-state index >= 15 is 0 Å². The van der Waals surface area contributed by atoms with Gasteiger partial charge in [0.25, 0.3) is 0 Å². The van der Waals surface area contributed by atoms with Gasteiger partial charge in [-0.05, 0) is 51.4 Å². The fourth-order valence-corrected chi connectivity index (χ4v) is 2.90. The normalized spacial score (nSPS) is 16.3. The van der Waals surface area contributed by atoms with E-state index in [2.05, 4.69) is 42.3 Å². The van der Waals surface area contributed by atoms with E-state index in [1.807, 2.05) is 12.3 Å². The van der Waals surface area contributed by atoms with Crippen LogP contribution in [-0.4, -0.2) is 23.1 Å². The van der Waals surface area contributed by atoms with Crippen LogP contribution in [0.15, 0.2) is 30.5 Å². The minimum absolute atomic E-state index is 0.502. The van der Waals surface area contributed by atoms with E-state index < -0.39 is 0 Å². The predicted octanol–water partition coefficient (Wildman–Crippen LogP) is 3.23. The summed E-state index contributed by atoms with van der Waals surface area (Å²) < 4.78 is 0. The molecule has 2 aromatic rings. The molecule has 20 heavy (non-hydrogen) atoms. The summed E-state index contributed by atoms with van der Waals surface area (Å²) in [5.41, 5.74) is 4.83. The second kappa shape index (κ2) is 5.71. The van der Waals surface area contributed by atoms with Crippen molar-refractivity contribution in [2.45, 2.75) is 32.6 Å². The van der Waals surface area contributed by atoms with Crippen molar-refractivity contribution in [2.75, 3.05) is 13.1 Å². The van der Waals surface area contributed by atoms with Gasteiger partial charge in [0.05, 0.1) is 5.69 Å². The number of nitrogens with one attached hydrogen (secondary N) is 1. The quantitative estimate of drug-likeness (QED) is 0.907. The van der Waals surface area contributed by atoms with E-state index in [0.29, 0.717) is 5.92 Å². The second-order valence-corrected chi connectivity index (χ2v) is 5.64. The number of hydrogen-bond acceptors (Lipinski definition) is 3. The van der Waals surface area contributed by atoms with Crippen LogP contribution in [-0.2, 0) is 0 Å². The zero-order valence-electron chi connectivity index (χ0n) is 12.2. The largest absolute Gasteiger partial charge is 0.317 e. The van der Waals surface area contributed by atoms with E-state index in [4.69, 9.17) is 4.98 Å². The van der Waals surface area contributed by atoms with Gasteiger partial charge in [0.15, 0.2) is 0 Å². The fraction of sp³-hybridized carbons (Fsp3) is 0.412. The molecule has 1 aromatic carbocycles. The maximum Gasteiger partial charge on any atom is 0.132 e. The average molecular weight is 267 g/mol. The van der Waals surface area contributed by atoms with Gasteiger partial charge in [-0.3, -0.25) is 0 Å². The number of aromatic nitrogens is 2. The number of hydrogen-bond donors (Lipinski definition) is 1. The Bertz CT molecular complexity index is 601. The van der Waals surface area contributed by atoms with Crippen molar-refractivity contribution < 1.29 is 0 Å². The Balaban J connectivity index is 1.94. The first-order chi connectivity index (χ1) is 9.74. The molecule has 1 fully saturated rings. The second-order valence-electron chi connectivity index (χ2n) is 5.64. The first-order valence-electron chi connectivity index (χ1n) is 7.35. The van der Waals surface area contributed by atoms with Crippen LogP contribution >= 0.6 is 0 Å². The highest BCUT2D eigenvalue weighted by Crippen LogP contribution is 2.26. The molecule has 3 nitrogen and oxygen atoms in total. The highest BCUT2D eigenvalue weighted by Gasteiger charge is 2.18. The molecule has 0 unspecified atom stereocenters. The highest BCUT2D eigenvalue weighted by atomic mass is 14.9. The maximum atomic E-state index is 4.82. The smallest absolute Gasteiger partial charge is 0.132 e. The van der Waals surface area contributed by atoms with E-state index in [0.717, 1.165) is 37.4 Å². The molecule has 0 bridgehead atoms. The van der Waals surface area contributed by atoms with Gasteiger partial charge in [0, 0.05) is 17.7 Å². The number of aryl methyl sites for hydroxylation is 2. The topological polar surface area (TPSA) is 37.8 Å². The van der Waals surface area contributed by atoms with Crippen LogP contribution in [0, 0.1) is 13.8 Å². The minimum Gasteiger partial charge on any atom is -0.317 e. The fourth-order valence-electron chi connectivity index (χ4n) is 2.90. The number of benzene rings is 1. The first-order valence-corrected chi connectivity index (χ1v) is 7.35. The van der Waals surface area contributed by atoms with Gasteiger partial charge in [-0.15, -0.1) is 0 Å². The molecule has 0 amide bonds. The summed E-state index contributed by atoms with van der Waals surface area (Å²) in [5, 5.41) is 3.39. The lowest BCUT2D eigenvalue weighted by atomic mass is 9.96. The summed E-state index contributed by atoms with van der Waals surface area (Å²) in [4.78, 5) is 9.32. The van der Waals surface area contributed by atoms with Crippen molar-refractivity contribution in [3.05, 3.63) is 47.4 Å². The molecule has 0 aliphatic carbocycles. The molecule has 2 heterocycles. The minimum atomic E-state index is 0.502. The first kappa shape index (κ1) is 13.3. The molecule has 0 radical (unpaired) electrons. The molecular weight excluding hydrogens is 246 g/mol. The van der Waals surface area contributed by atoms with Gasteiger partial charge in [-0.1, -0.05) is 23.8 Å². The lowest BCUT2D eigenvalue weighted by Gasteiger charge is -2.21. The molecule has 0 saturated carbocycles. The van der Waals surface area contributed by atoms with Crippen molar-refractivity contribution in [1.82, 2.24) is 15.3 Å². The highest BCUT2D eigenvalue weighted by molar-refractivity contribution is 5.63. The third kappa shape index (κ3) is 2.73. The molecule has 1 aromatic heterocycles. The Hall–Kier alpha value is -1.74. The number of rotatable bonds is 2. The molecule has 1 saturated heterocycles. The maximum absolute atomic E-state index is 4.82. The third-order valence-corrected chi connectivity index (χ3v) is 4.04. The summed E-state index contributed by atoms with van der Waals surface area (Å²) in [7, 11) is 0. The molecule has 0 spiro atoms. The van der Waals surface area contributed by atoms with Crippen LogP contribution < -0.4 is 5.32 Å². The average Bonchev–Trinajstić information content (AvgIpc) is 2.48. The van der Waals surface area contributed by atoms with Crippen LogP contribution in [0.25, 0.3) is 11.3 Å². The SMILES string of the molecule is Cc1ccc(-c2ccnc(C3CCNCC3)n2)c(C)c1. The third-order valence-electron chi connectivity index (χ3n) is 4.04. The Labute approximate surface area is 120 Å². The Kier molecular flexibility index (Phi) is 3.79. The van der Waals surface area contributed by atoms with Crippen LogP contribution in [0.3, 0.4) is 0 Å². The summed E-state index contributed by atoms with van der Waals surface area (Å²) >= 11 is 0. The van der Waals surface area contributed by atoms with Gasteiger partial charge in [-0.25, -0.2) is 9.97 Å². The van der Waals surface area contributed by atoms with Gasteiger partial charge in [0.2, 0.25) is 0 Å². The summed E-state index contributed by atoms with van der Waals surface area (Å²) in [6.45, 7) is 6.41. The van der Waals surface area contributed by atoms with Gasteiger partial charge >= 0.3 is 0 Å². The van der Waals surface area contributed by atoms with Crippen molar-refractivity contribution in [3.63, 3.8) is 0 Å². The summed E-state index contributed by atoms with van der Waals surface area (Å²) in [5.74, 6) is 1.51. The predicted molar refractivity (Wildman–Crippen MR) is 81.8 cm³/mol. The molecular formula is C17H21N3. The lowest BCUT2D eigenvalue weighted by molar-refractivity contribution is 0.445. The van der Waals surface area contributed by atoms with Crippen molar-refractivity contribution in [1.29, 1.82) is 0 Å². The monoisotopic (exact) mass is 267 g/mol. The van der Waals surface area contributed by atoms with Crippen molar-refractivity contribution >= 4 is 0 Å². The van der Waals surface area contributed by atoms with E-state index in [1.54, 1.807) is 0 Å². The van der Waals surface area contributed by atoms with Crippen molar-refractivity contribution in [3.8, 4) is 11.3 Å². The van der Waals surface area contributed by atoms with E-state index in [9.17, 15) is 0 Å². The summed E-state index contributed by atoms with van der Waals surface area (Å²) in [6.07, 6.45) is 4.17. The van der Waals surface area contributed by atoms with Crippen LogP contribution in [0.4, 0.5) is 0 Å². The van der Waals surface area contributed by atoms with Crippen LogP contribution in [0.2, 0.25) is 0 Å². The molecule has 1 N–H and O–H groups in total. The van der Waals surface area contributed by atoms with E-state index in [-0.39, 0.29) is 0 Å². The molecule has 1 aliphatic rings. The van der Waals surface area contributed by atoms with Gasteiger partial charge in [0.1, 0.15) is 5.82 Å². The molecule has 1 aliphatic heterocycles. The number of piperidine rings is 1. The Morgan fingerprint density at radius 3 is 2.65 bits per heavy atom. The lowest BCUT2D eigenvalue weighted by Crippen LogP contribution is -2.27. The summed E-state index contributed by atoms with van der Waals surface area (Å²) in [6, 6.07) is 8.54. The Morgan fingerprint density at radius 2 is 1.90 bits per heavy atom. The van der Waals surface area contributed by atoms with Gasteiger partial charge < -0.3 is 5.32 Å². The van der Waals surface area contributed by atoms with Crippen LogP contribution in [0.5, 0.6) is 0 Å². The molecule has 0 atom stereocenters. The van der Waals surface area contributed by atoms with Crippen molar-refractivity contribution in [2.24, 2.45) is 0 Å². The Morgan fingerprint density at radius 1 is 1.10 bits per heavy atom. The molecule has 104 valence electrons. The van der Waals surface area contributed by atoms with E-state index in [1.165, 1.54) is 16.7 Å². The van der Waals surface area contributed by atoms with Gasteiger partial charge in [-0.2, -0.15) is 0 Å². The number of nitrogens with zero attached hydrogens (tertiary/aromatic N) is 2. The standard InChI is InChI=1S/C17H21N3/c1-12-3-4-15(13(2)11-12)16-7-10-19-17(20-16)14-5-8-18-9-6-14/h3-4,7,10-11,14,18H,5-6,8-9H2,1-2H3. The van der Waals surface area contributed by atoms with Crippen LogP contribution in [0.1, 0.15) is 35.7 Å². The molecule has 3 heteroatoms. The molecule has 3 rings (SSSR count). The zero-order valence-corrected chi connectivity index (χ0v) is 12.2. The zero-order chi connectivity index (χ0) is 13.9.